The Morgan fingerprint density at radius 2 is 2.21 bits per heavy atom. The van der Waals surface area contributed by atoms with E-state index in [1.165, 1.54) is 4.40 Å². The van der Waals surface area contributed by atoms with E-state index in [0.717, 1.165) is 0 Å². The highest BCUT2D eigenvalue weighted by molar-refractivity contribution is 5.60. The molecule has 0 aliphatic heterocycles. The fourth-order valence-corrected chi connectivity index (χ4v) is 1.47. The molecule has 0 aliphatic rings. The highest BCUT2D eigenvalue weighted by atomic mass is 16.1. The fourth-order valence-electron chi connectivity index (χ4n) is 1.47. The minimum Gasteiger partial charge on any atom is -0.283 e. The zero-order chi connectivity index (χ0) is 10.1. The van der Waals surface area contributed by atoms with Gasteiger partial charge < -0.3 is 0 Å². The summed E-state index contributed by atoms with van der Waals surface area (Å²) in [5.41, 5.74) is 1.71. The van der Waals surface area contributed by atoms with Gasteiger partial charge in [-0.2, -0.15) is 5.26 Å². The number of nitrogens with zero attached hydrogens (tertiary/aromatic N) is 2. The number of pyridine rings is 2. The molecule has 0 saturated heterocycles. The third-order valence-corrected chi connectivity index (χ3v) is 2.17. The van der Waals surface area contributed by atoms with E-state index in [0.29, 0.717) is 16.6 Å². The third-order valence-electron chi connectivity index (χ3n) is 2.17. The number of rotatable bonds is 0. The molecule has 0 aliphatic carbocycles. The van der Waals surface area contributed by atoms with E-state index in [-0.39, 0.29) is 5.56 Å². The first kappa shape index (κ1) is 8.52. The Morgan fingerprint density at radius 3 is 2.93 bits per heavy atom. The summed E-state index contributed by atoms with van der Waals surface area (Å²) in [4.78, 5) is 11.6. The maximum absolute atomic E-state index is 11.6. The van der Waals surface area contributed by atoms with Gasteiger partial charge in [-0.1, -0.05) is 6.07 Å². The summed E-state index contributed by atoms with van der Waals surface area (Å²) in [5.74, 6) is 0. The van der Waals surface area contributed by atoms with Crippen molar-refractivity contribution in [1.82, 2.24) is 4.40 Å². The van der Waals surface area contributed by atoms with E-state index in [4.69, 9.17) is 5.26 Å². The molecule has 2 aromatic heterocycles. The van der Waals surface area contributed by atoms with Crippen LogP contribution in [0.1, 0.15) is 11.1 Å². The van der Waals surface area contributed by atoms with E-state index in [1.807, 2.05) is 6.07 Å². The quantitative estimate of drug-likeness (QED) is 0.622. The zero-order valence-electron chi connectivity index (χ0n) is 7.69. The Kier molecular flexibility index (Phi) is 1.83. The van der Waals surface area contributed by atoms with Crippen LogP contribution in [0.2, 0.25) is 0 Å². The van der Waals surface area contributed by atoms with Gasteiger partial charge in [0.25, 0.3) is 5.56 Å². The first-order valence-electron chi connectivity index (χ1n) is 4.25. The lowest BCUT2D eigenvalue weighted by Crippen LogP contribution is -2.16. The molecule has 3 nitrogen and oxygen atoms in total. The van der Waals surface area contributed by atoms with Crippen molar-refractivity contribution in [3.05, 3.63) is 51.9 Å². The van der Waals surface area contributed by atoms with E-state index in [1.54, 1.807) is 31.3 Å². The monoisotopic (exact) mass is 184 g/mol. The van der Waals surface area contributed by atoms with Crippen LogP contribution in [0.5, 0.6) is 0 Å². The van der Waals surface area contributed by atoms with Crippen molar-refractivity contribution in [2.24, 2.45) is 0 Å². The number of fused-ring (bicyclic) bond motifs is 1. The van der Waals surface area contributed by atoms with Crippen LogP contribution >= 0.6 is 0 Å². The predicted molar refractivity (Wildman–Crippen MR) is 53.1 cm³/mol. The van der Waals surface area contributed by atoms with Gasteiger partial charge in [0.2, 0.25) is 0 Å². The molecule has 0 fully saturated rings. The predicted octanol–water partition coefficient (Wildman–Crippen LogP) is 1.48. The van der Waals surface area contributed by atoms with Crippen molar-refractivity contribution >= 4 is 5.52 Å². The second-order valence-corrected chi connectivity index (χ2v) is 3.11. The molecule has 0 aromatic carbocycles. The van der Waals surface area contributed by atoms with Gasteiger partial charge in [-0.05, 0) is 25.1 Å². The summed E-state index contributed by atoms with van der Waals surface area (Å²) in [7, 11) is 0. The van der Waals surface area contributed by atoms with Crippen LogP contribution in [0.3, 0.4) is 0 Å². The topological polar surface area (TPSA) is 45.3 Å². The van der Waals surface area contributed by atoms with Crippen LogP contribution in [0, 0.1) is 18.3 Å². The van der Waals surface area contributed by atoms with Crippen LogP contribution in [-0.2, 0) is 0 Å². The maximum atomic E-state index is 11.6. The molecule has 0 amide bonds. The maximum Gasteiger partial charge on any atom is 0.258 e. The van der Waals surface area contributed by atoms with Crippen molar-refractivity contribution in [2.75, 3.05) is 0 Å². The van der Waals surface area contributed by atoms with Crippen LogP contribution in [0.15, 0.2) is 35.3 Å². The lowest BCUT2D eigenvalue weighted by molar-refractivity contribution is 1.06. The summed E-state index contributed by atoms with van der Waals surface area (Å²) >= 11 is 0. The molecule has 0 radical (unpaired) electrons. The van der Waals surface area contributed by atoms with Gasteiger partial charge in [0.1, 0.15) is 6.07 Å². The molecular weight excluding hydrogens is 176 g/mol. The molecule has 0 saturated carbocycles. The summed E-state index contributed by atoms with van der Waals surface area (Å²) in [6.45, 7) is 1.71. The largest absolute Gasteiger partial charge is 0.283 e. The van der Waals surface area contributed by atoms with Gasteiger partial charge in [0, 0.05) is 11.8 Å². The number of aromatic nitrogens is 1. The Balaban J connectivity index is 3.07. The van der Waals surface area contributed by atoms with E-state index >= 15 is 0 Å². The average Bonchev–Trinajstić information content (AvgIpc) is 2.23. The molecule has 2 aromatic rings. The number of hydrogen-bond acceptors (Lipinski definition) is 2. The molecule has 0 atom stereocenters. The van der Waals surface area contributed by atoms with Gasteiger partial charge >= 0.3 is 0 Å². The van der Waals surface area contributed by atoms with Gasteiger partial charge in [0.05, 0.1) is 11.1 Å². The minimum absolute atomic E-state index is 0.0698. The smallest absolute Gasteiger partial charge is 0.258 e. The Morgan fingerprint density at radius 1 is 1.43 bits per heavy atom. The number of nitriles is 1. The molecule has 14 heavy (non-hydrogen) atoms. The lowest BCUT2D eigenvalue weighted by atomic mass is 10.1. The second-order valence-electron chi connectivity index (χ2n) is 3.11. The van der Waals surface area contributed by atoms with Gasteiger partial charge in [0.15, 0.2) is 0 Å². The van der Waals surface area contributed by atoms with Crippen molar-refractivity contribution in [1.29, 1.82) is 5.26 Å². The Bertz CT molecular complexity index is 590. The first-order valence-corrected chi connectivity index (χ1v) is 4.25. The van der Waals surface area contributed by atoms with Crippen molar-refractivity contribution in [3.63, 3.8) is 0 Å². The SMILES string of the molecule is Cc1cc(C#N)c2ccccn2c1=O. The summed E-state index contributed by atoms with van der Waals surface area (Å²) in [5, 5.41) is 8.89. The Labute approximate surface area is 80.8 Å². The highest BCUT2D eigenvalue weighted by Crippen LogP contribution is 2.08. The van der Waals surface area contributed by atoms with E-state index < -0.39 is 0 Å². The molecule has 0 spiro atoms. The van der Waals surface area contributed by atoms with Gasteiger partial charge in [-0.25, -0.2) is 0 Å². The molecule has 0 unspecified atom stereocenters. The van der Waals surface area contributed by atoms with Crippen LogP contribution in [0.25, 0.3) is 5.52 Å². The summed E-state index contributed by atoms with van der Waals surface area (Å²) < 4.78 is 1.49. The lowest BCUT2D eigenvalue weighted by Gasteiger charge is -2.02. The van der Waals surface area contributed by atoms with Crippen molar-refractivity contribution < 1.29 is 0 Å². The van der Waals surface area contributed by atoms with E-state index in [9.17, 15) is 4.79 Å². The first-order chi connectivity index (χ1) is 6.74. The minimum atomic E-state index is -0.0698. The van der Waals surface area contributed by atoms with Crippen molar-refractivity contribution in [2.45, 2.75) is 6.92 Å². The van der Waals surface area contributed by atoms with Gasteiger partial charge in [-0.3, -0.25) is 9.20 Å². The average molecular weight is 184 g/mol. The zero-order valence-corrected chi connectivity index (χ0v) is 7.69. The van der Waals surface area contributed by atoms with Crippen molar-refractivity contribution in [3.8, 4) is 6.07 Å². The molecule has 2 heterocycles. The van der Waals surface area contributed by atoms with Crippen LogP contribution in [0.4, 0.5) is 0 Å². The van der Waals surface area contributed by atoms with E-state index in [2.05, 4.69) is 6.07 Å². The summed E-state index contributed by atoms with van der Waals surface area (Å²) in [6, 6.07) is 9.05. The fraction of sp³-hybridized carbons (Fsp3) is 0.0909. The molecule has 3 heteroatoms. The Hall–Kier alpha value is -2.08. The standard InChI is InChI=1S/C11H8N2O/c1-8-6-9(7-12)10-4-2-3-5-13(10)11(8)14/h2-6H,1H3. The van der Waals surface area contributed by atoms with Crippen LogP contribution < -0.4 is 5.56 Å². The second kappa shape index (κ2) is 3.00. The van der Waals surface area contributed by atoms with Gasteiger partial charge in [-0.15, -0.1) is 0 Å². The molecule has 68 valence electrons. The summed E-state index contributed by atoms with van der Waals surface area (Å²) in [6.07, 6.45) is 1.67. The normalized spacial score (nSPS) is 10.0. The number of aryl methyl sites for hydroxylation is 1. The molecule has 0 N–H and O–H groups in total. The third kappa shape index (κ3) is 1.09. The highest BCUT2D eigenvalue weighted by Gasteiger charge is 2.04. The van der Waals surface area contributed by atoms with Crippen LogP contribution in [-0.4, -0.2) is 4.40 Å². The molecule has 0 bridgehead atoms. The number of hydrogen-bond donors (Lipinski definition) is 0. The molecule has 2 rings (SSSR count). The molecular formula is C11H8N2O.